The monoisotopic (exact) mass is 294 g/mol. The summed E-state index contributed by atoms with van der Waals surface area (Å²) in [5, 5.41) is 5.62. The fourth-order valence-corrected chi connectivity index (χ4v) is 2.53. The van der Waals surface area contributed by atoms with Gasteiger partial charge < -0.3 is 10.6 Å². The number of hydrogen-bond donors (Lipinski definition) is 2. The summed E-state index contributed by atoms with van der Waals surface area (Å²) in [5.74, 6) is -0.121. The Kier molecular flexibility index (Phi) is 3.92. The molecule has 112 valence electrons. The highest BCUT2D eigenvalue weighted by Crippen LogP contribution is 2.20. The SMILES string of the molecule is Cc1ccc(CCC(=O)Nc2ccc3c(c2)C(=O)NC3)cc1. The number of carbonyl (C=O) groups is 2. The molecule has 2 aromatic carbocycles. The minimum atomic E-state index is -0.0780. The summed E-state index contributed by atoms with van der Waals surface area (Å²) in [5.41, 5.74) is 4.65. The van der Waals surface area contributed by atoms with Crippen LogP contribution in [0.4, 0.5) is 5.69 Å². The molecule has 0 spiro atoms. The van der Waals surface area contributed by atoms with Gasteiger partial charge in [-0.15, -0.1) is 0 Å². The fourth-order valence-electron chi connectivity index (χ4n) is 2.53. The average molecular weight is 294 g/mol. The maximum Gasteiger partial charge on any atom is 0.251 e. The van der Waals surface area contributed by atoms with Crippen LogP contribution in [0.25, 0.3) is 0 Å². The van der Waals surface area contributed by atoms with Gasteiger partial charge in [0.2, 0.25) is 5.91 Å². The number of nitrogens with one attached hydrogen (secondary N) is 2. The molecule has 0 atom stereocenters. The van der Waals surface area contributed by atoms with Gasteiger partial charge in [-0.2, -0.15) is 0 Å². The zero-order valence-corrected chi connectivity index (χ0v) is 12.5. The third kappa shape index (κ3) is 3.17. The van der Waals surface area contributed by atoms with E-state index in [4.69, 9.17) is 0 Å². The Hall–Kier alpha value is -2.62. The standard InChI is InChI=1S/C18H18N2O2/c1-12-2-4-13(5-3-12)6-9-17(21)20-15-8-7-14-11-19-18(22)16(14)10-15/h2-5,7-8,10H,6,9,11H2,1H3,(H,19,22)(H,20,21). The molecule has 0 bridgehead atoms. The van der Waals surface area contributed by atoms with Crippen molar-refractivity contribution in [1.29, 1.82) is 0 Å². The van der Waals surface area contributed by atoms with Gasteiger partial charge in [-0.25, -0.2) is 0 Å². The van der Waals surface area contributed by atoms with E-state index in [9.17, 15) is 9.59 Å². The Morgan fingerprint density at radius 2 is 1.95 bits per heavy atom. The first-order valence-electron chi connectivity index (χ1n) is 7.38. The Bertz CT molecular complexity index is 720. The summed E-state index contributed by atoms with van der Waals surface area (Å²) >= 11 is 0. The number of amides is 2. The second kappa shape index (κ2) is 6.02. The van der Waals surface area contributed by atoms with Crippen molar-refractivity contribution in [2.45, 2.75) is 26.3 Å². The highest BCUT2D eigenvalue weighted by atomic mass is 16.2. The molecule has 4 nitrogen and oxygen atoms in total. The lowest BCUT2D eigenvalue weighted by atomic mass is 10.1. The molecule has 0 radical (unpaired) electrons. The topological polar surface area (TPSA) is 58.2 Å². The van der Waals surface area contributed by atoms with Gasteiger partial charge in [0.05, 0.1) is 0 Å². The van der Waals surface area contributed by atoms with Gasteiger partial charge in [-0.3, -0.25) is 9.59 Å². The molecule has 1 aliphatic rings. The van der Waals surface area contributed by atoms with Crippen LogP contribution in [0.3, 0.4) is 0 Å². The van der Waals surface area contributed by atoms with E-state index in [0.29, 0.717) is 30.6 Å². The normalized spacial score (nSPS) is 12.7. The third-order valence-corrected chi connectivity index (χ3v) is 3.84. The number of aryl methyl sites for hydroxylation is 2. The van der Waals surface area contributed by atoms with Gasteiger partial charge in [-0.1, -0.05) is 35.9 Å². The minimum Gasteiger partial charge on any atom is -0.348 e. The van der Waals surface area contributed by atoms with Crippen LogP contribution >= 0.6 is 0 Å². The fraction of sp³-hybridized carbons (Fsp3) is 0.222. The molecular weight excluding hydrogens is 276 g/mol. The van der Waals surface area contributed by atoms with Crippen LogP contribution in [0, 0.1) is 6.92 Å². The number of fused-ring (bicyclic) bond motifs is 1. The van der Waals surface area contributed by atoms with Gasteiger partial charge >= 0.3 is 0 Å². The summed E-state index contributed by atoms with van der Waals surface area (Å²) in [6.07, 6.45) is 1.13. The third-order valence-electron chi connectivity index (χ3n) is 3.84. The minimum absolute atomic E-state index is 0.0427. The van der Waals surface area contributed by atoms with Gasteiger partial charge in [0.15, 0.2) is 0 Å². The summed E-state index contributed by atoms with van der Waals surface area (Å²) in [7, 11) is 0. The second-order valence-electron chi connectivity index (χ2n) is 5.59. The van der Waals surface area contributed by atoms with E-state index in [1.165, 1.54) is 5.56 Å². The van der Waals surface area contributed by atoms with Crippen LogP contribution in [0.15, 0.2) is 42.5 Å². The van der Waals surface area contributed by atoms with Crippen molar-refractivity contribution < 1.29 is 9.59 Å². The molecule has 22 heavy (non-hydrogen) atoms. The first kappa shape index (κ1) is 14.3. The van der Waals surface area contributed by atoms with E-state index in [-0.39, 0.29) is 11.8 Å². The van der Waals surface area contributed by atoms with Crippen LogP contribution in [0.5, 0.6) is 0 Å². The Labute approximate surface area is 129 Å². The molecule has 0 aromatic heterocycles. The highest BCUT2D eigenvalue weighted by molar-refractivity contribution is 6.00. The molecule has 2 amide bonds. The Morgan fingerprint density at radius 1 is 1.18 bits per heavy atom. The smallest absolute Gasteiger partial charge is 0.251 e. The van der Waals surface area contributed by atoms with Crippen molar-refractivity contribution in [2.75, 3.05) is 5.32 Å². The van der Waals surface area contributed by atoms with Gasteiger partial charge in [0, 0.05) is 24.2 Å². The van der Waals surface area contributed by atoms with Gasteiger partial charge in [-0.05, 0) is 36.6 Å². The molecular formula is C18H18N2O2. The van der Waals surface area contributed by atoms with Crippen LogP contribution < -0.4 is 10.6 Å². The maximum atomic E-state index is 12.0. The van der Waals surface area contributed by atoms with Gasteiger partial charge in [0.1, 0.15) is 0 Å². The summed E-state index contributed by atoms with van der Waals surface area (Å²) in [6, 6.07) is 13.6. The van der Waals surface area contributed by atoms with Crippen LogP contribution in [0.2, 0.25) is 0 Å². The summed E-state index contributed by atoms with van der Waals surface area (Å²) in [6.45, 7) is 2.61. The zero-order valence-electron chi connectivity index (χ0n) is 12.5. The van der Waals surface area contributed by atoms with Crippen molar-refractivity contribution in [2.24, 2.45) is 0 Å². The second-order valence-corrected chi connectivity index (χ2v) is 5.59. The van der Waals surface area contributed by atoms with E-state index < -0.39 is 0 Å². The van der Waals surface area contributed by atoms with Gasteiger partial charge in [0.25, 0.3) is 5.91 Å². The van der Waals surface area contributed by atoms with Crippen molar-refractivity contribution >= 4 is 17.5 Å². The van der Waals surface area contributed by atoms with Crippen molar-refractivity contribution in [3.63, 3.8) is 0 Å². The molecule has 2 N–H and O–H groups in total. The number of anilines is 1. The number of benzene rings is 2. The van der Waals surface area contributed by atoms with Crippen LogP contribution in [0.1, 0.15) is 33.5 Å². The van der Waals surface area contributed by atoms with E-state index in [1.54, 1.807) is 6.07 Å². The van der Waals surface area contributed by atoms with E-state index in [2.05, 4.69) is 10.6 Å². The zero-order chi connectivity index (χ0) is 15.5. The maximum absolute atomic E-state index is 12.0. The lowest BCUT2D eigenvalue weighted by molar-refractivity contribution is -0.116. The predicted octanol–water partition coefficient (Wildman–Crippen LogP) is 2.81. The van der Waals surface area contributed by atoms with E-state index >= 15 is 0 Å². The highest BCUT2D eigenvalue weighted by Gasteiger charge is 2.18. The molecule has 0 saturated carbocycles. The molecule has 1 heterocycles. The quantitative estimate of drug-likeness (QED) is 0.911. The molecule has 4 heteroatoms. The predicted molar refractivity (Wildman–Crippen MR) is 85.7 cm³/mol. The Balaban J connectivity index is 1.59. The molecule has 0 unspecified atom stereocenters. The van der Waals surface area contributed by atoms with E-state index in [0.717, 1.165) is 11.1 Å². The molecule has 0 aliphatic carbocycles. The van der Waals surface area contributed by atoms with Crippen molar-refractivity contribution in [3.8, 4) is 0 Å². The Morgan fingerprint density at radius 3 is 2.73 bits per heavy atom. The van der Waals surface area contributed by atoms with Crippen LogP contribution in [-0.4, -0.2) is 11.8 Å². The lowest BCUT2D eigenvalue weighted by Gasteiger charge is -2.07. The molecule has 1 aliphatic heterocycles. The molecule has 2 aromatic rings. The summed E-state index contributed by atoms with van der Waals surface area (Å²) in [4.78, 5) is 23.6. The molecule has 3 rings (SSSR count). The van der Waals surface area contributed by atoms with Crippen molar-refractivity contribution in [3.05, 3.63) is 64.7 Å². The first-order chi connectivity index (χ1) is 10.6. The van der Waals surface area contributed by atoms with Crippen molar-refractivity contribution in [1.82, 2.24) is 5.32 Å². The van der Waals surface area contributed by atoms with E-state index in [1.807, 2.05) is 43.3 Å². The number of hydrogen-bond acceptors (Lipinski definition) is 2. The number of rotatable bonds is 4. The lowest BCUT2D eigenvalue weighted by Crippen LogP contribution is -2.14. The molecule has 0 saturated heterocycles. The molecule has 0 fully saturated rings. The summed E-state index contributed by atoms with van der Waals surface area (Å²) < 4.78 is 0. The first-order valence-corrected chi connectivity index (χ1v) is 7.38. The number of carbonyl (C=O) groups excluding carboxylic acids is 2. The largest absolute Gasteiger partial charge is 0.348 e. The van der Waals surface area contributed by atoms with Crippen LogP contribution in [-0.2, 0) is 17.8 Å². The average Bonchev–Trinajstić information content (AvgIpc) is 2.88.